The monoisotopic (exact) mass is 279 g/mol. The molecule has 0 aliphatic heterocycles. The molecule has 1 aromatic rings. The van der Waals surface area contributed by atoms with Crippen molar-refractivity contribution >= 4 is 11.5 Å². The second kappa shape index (κ2) is 7.36. The van der Waals surface area contributed by atoms with Gasteiger partial charge < -0.3 is 15.8 Å². The van der Waals surface area contributed by atoms with Crippen LogP contribution >= 0.6 is 0 Å². The van der Waals surface area contributed by atoms with E-state index in [9.17, 15) is 0 Å². The van der Waals surface area contributed by atoms with Gasteiger partial charge in [-0.05, 0) is 43.7 Å². The Morgan fingerprint density at radius 2 is 1.70 bits per heavy atom. The number of rotatable bonds is 7. The van der Waals surface area contributed by atoms with E-state index in [4.69, 9.17) is 10.5 Å². The molecule has 0 saturated heterocycles. The molecular formula is C16H29N3O. The molecule has 0 aromatic carbocycles. The van der Waals surface area contributed by atoms with Gasteiger partial charge in [0.2, 0.25) is 5.88 Å². The Bertz CT molecular complexity index is 408. The van der Waals surface area contributed by atoms with Crippen molar-refractivity contribution in [3.63, 3.8) is 0 Å². The Labute approximate surface area is 123 Å². The molecule has 3 N–H and O–H groups in total. The van der Waals surface area contributed by atoms with Crippen molar-refractivity contribution in [2.45, 2.75) is 47.6 Å². The number of nitrogens with zero attached hydrogens (tertiary/aromatic N) is 1. The summed E-state index contributed by atoms with van der Waals surface area (Å²) in [6.07, 6.45) is 0.0686. The quantitative estimate of drug-likeness (QED) is 0.797. The first-order valence-corrected chi connectivity index (χ1v) is 7.48. The van der Waals surface area contributed by atoms with Crippen molar-refractivity contribution in [2.24, 2.45) is 17.8 Å². The van der Waals surface area contributed by atoms with E-state index in [1.165, 1.54) is 0 Å². The fourth-order valence-electron chi connectivity index (χ4n) is 2.33. The van der Waals surface area contributed by atoms with Crippen LogP contribution in [-0.2, 0) is 0 Å². The van der Waals surface area contributed by atoms with Gasteiger partial charge in [-0.2, -0.15) is 4.98 Å². The van der Waals surface area contributed by atoms with Gasteiger partial charge in [0, 0.05) is 6.54 Å². The lowest BCUT2D eigenvalue weighted by Crippen LogP contribution is -2.25. The summed E-state index contributed by atoms with van der Waals surface area (Å²) in [7, 11) is 0. The summed E-state index contributed by atoms with van der Waals surface area (Å²) < 4.78 is 5.61. The minimum atomic E-state index is 0.0686. The third-order valence-electron chi connectivity index (χ3n) is 3.47. The fourth-order valence-corrected chi connectivity index (χ4v) is 2.33. The highest BCUT2D eigenvalue weighted by atomic mass is 16.5. The van der Waals surface area contributed by atoms with Crippen molar-refractivity contribution in [3.8, 4) is 5.88 Å². The third-order valence-corrected chi connectivity index (χ3v) is 3.47. The van der Waals surface area contributed by atoms with Crippen molar-refractivity contribution in [1.82, 2.24) is 4.98 Å². The van der Waals surface area contributed by atoms with Crippen molar-refractivity contribution in [3.05, 3.63) is 12.1 Å². The Hall–Kier alpha value is -1.45. The minimum Gasteiger partial charge on any atom is -0.473 e. The van der Waals surface area contributed by atoms with Gasteiger partial charge in [0.25, 0.3) is 0 Å². The van der Waals surface area contributed by atoms with Gasteiger partial charge in [-0.15, -0.1) is 0 Å². The van der Waals surface area contributed by atoms with Crippen LogP contribution in [0.2, 0.25) is 0 Å². The number of aromatic nitrogens is 1. The molecule has 0 spiro atoms. The van der Waals surface area contributed by atoms with Crippen LogP contribution in [-0.4, -0.2) is 17.6 Å². The molecule has 0 aliphatic carbocycles. The van der Waals surface area contributed by atoms with Crippen LogP contribution in [0.25, 0.3) is 0 Å². The summed E-state index contributed by atoms with van der Waals surface area (Å²) in [4.78, 5) is 4.44. The van der Waals surface area contributed by atoms with Gasteiger partial charge in [0.1, 0.15) is 5.82 Å². The smallest absolute Gasteiger partial charge is 0.239 e. The Morgan fingerprint density at radius 1 is 1.10 bits per heavy atom. The summed E-state index contributed by atoms with van der Waals surface area (Å²) >= 11 is 0. The largest absolute Gasteiger partial charge is 0.473 e. The van der Waals surface area contributed by atoms with Crippen LogP contribution in [0.5, 0.6) is 5.88 Å². The molecule has 1 rings (SSSR count). The highest BCUT2D eigenvalue weighted by molar-refractivity contribution is 5.53. The highest BCUT2D eigenvalue weighted by Gasteiger charge is 2.17. The molecule has 1 heterocycles. The van der Waals surface area contributed by atoms with Crippen LogP contribution in [0.15, 0.2) is 12.1 Å². The minimum absolute atomic E-state index is 0.0686. The molecule has 114 valence electrons. The maximum absolute atomic E-state index is 5.87. The summed E-state index contributed by atoms with van der Waals surface area (Å²) in [6, 6.07) is 3.74. The molecule has 0 saturated carbocycles. The van der Waals surface area contributed by atoms with Crippen LogP contribution in [0, 0.1) is 17.8 Å². The van der Waals surface area contributed by atoms with Crippen LogP contribution < -0.4 is 15.8 Å². The van der Waals surface area contributed by atoms with E-state index < -0.39 is 0 Å². The molecule has 0 atom stereocenters. The topological polar surface area (TPSA) is 60.2 Å². The molecule has 4 nitrogen and oxygen atoms in total. The van der Waals surface area contributed by atoms with Crippen molar-refractivity contribution in [2.75, 3.05) is 17.6 Å². The van der Waals surface area contributed by atoms with Crippen molar-refractivity contribution in [1.29, 1.82) is 0 Å². The van der Waals surface area contributed by atoms with Crippen LogP contribution in [0.4, 0.5) is 11.5 Å². The summed E-state index contributed by atoms with van der Waals surface area (Å²) in [6.45, 7) is 13.9. The number of hydrogen-bond acceptors (Lipinski definition) is 4. The molecule has 4 heteroatoms. The maximum Gasteiger partial charge on any atom is 0.239 e. The molecule has 1 aromatic heterocycles. The fraction of sp³-hybridized carbons (Fsp3) is 0.688. The van der Waals surface area contributed by atoms with Crippen molar-refractivity contribution < 1.29 is 4.74 Å². The van der Waals surface area contributed by atoms with Crippen LogP contribution in [0.3, 0.4) is 0 Å². The number of hydrogen-bond donors (Lipinski definition) is 2. The SMILES string of the molecule is CC(C)Oc1nc(NCC(C(C)C)C(C)C)ccc1N. The number of pyridine rings is 1. The zero-order valence-electron chi connectivity index (χ0n) is 13.6. The average molecular weight is 279 g/mol. The second-order valence-corrected chi connectivity index (χ2v) is 6.29. The van der Waals surface area contributed by atoms with E-state index in [0.29, 0.717) is 29.3 Å². The molecule has 0 radical (unpaired) electrons. The van der Waals surface area contributed by atoms with E-state index in [1.54, 1.807) is 0 Å². The number of ether oxygens (including phenoxy) is 1. The van der Waals surface area contributed by atoms with Gasteiger partial charge in [0.15, 0.2) is 0 Å². The number of nitrogens with one attached hydrogen (secondary N) is 1. The third kappa shape index (κ3) is 4.91. The van der Waals surface area contributed by atoms with Gasteiger partial charge >= 0.3 is 0 Å². The van der Waals surface area contributed by atoms with Gasteiger partial charge in [-0.1, -0.05) is 27.7 Å². The molecule has 0 aliphatic rings. The normalized spacial score (nSPS) is 11.7. The highest BCUT2D eigenvalue weighted by Crippen LogP contribution is 2.24. The van der Waals surface area contributed by atoms with Gasteiger partial charge in [0.05, 0.1) is 11.8 Å². The predicted molar refractivity (Wildman–Crippen MR) is 86.1 cm³/mol. The predicted octanol–water partition coefficient (Wildman–Crippen LogP) is 3.79. The lowest BCUT2D eigenvalue weighted by Gasteiger charge is -2.25. The molecule has 0 bridgehead atoms. The summed E-state index contributed by atoms with van der Waals surface area (Å²) in [5, 5.41) is 3.40. The summed E-state index contributed by atoms with van der Waals surface area (Å²) in [5.74, 6) is 3.23. The lowest BCUT2D eigenvalue weighted by molar-refractivity contribution is 0.234. The molecule has 0 fully saturated rings. The standard InChI is InChI=1S/C16H29N3O/c1-10(2)13(11(3)4)9-18-15-8-7-14(17)16(19-15)20-12(5)6/h7-8,10-13H,9,17H2,1-6H3,(H,18,19). The molecule has 0 amide bonds. The van der Waals surface area contributed by atoms with Gasteiger partial charge in [-0.3, -0.25) is 0 Å². The maximum atomic E-state index is 5.87. The van der Waals surface area contributed by atoms with E-state index >= 15 is 0 Å². The van der Waals surface area contributed by atoms with Gasteiger partial charge in [-0.25, -0.2) is 0 Å². The zero-order chi connectivity index (χ0) is 15.3. The molecular weight excluding hydrogens is 250 g/mol. The Kier molecular flexibility index (Phi) is 6.11. The average Bonchev–Trinajstić information content (AvgIpc) is 2.31. The number of anilines is 2. The first-order chi connectivity index (χ1) is 9.31. The number of nitrogen functional groups attached to an aromatic ring is 1. The van der Waals surface area contributed by atoms with E-state index in [1.807, 2.05) is 26.0 Å². The number of nitrogens with two attached hydrogens (primary N) is 1. The second-order valence-electron chi connectivity index (χ2n) is 6.29. The molecule has 0 unspecified atom stereocenters. The van der Waals surface area contributed by atoms with Crippen LogP contribution in [0.1, 0.15) is 41.5 Å². The Balaban J connectivity index is 2.73. The Morgan fingerprint density at radius 3 is 2.20 bits per heavy atom. The molecule has 20 heavy (non-hydrogen) atoms. The lowest BCUT2D eigenvalue weighted by atomic mass is 9.85. The zero-order valence-corrected chi connectivity index (χ0v) is 13.6. The first kappa shape index (κ1) is 16.6. The van der Waals surface area contributed by atoms with E-state index in [0.717, 1.165) is 12.4 Å². The summed E-state index contributed by atoms with van der Waals surface area (Å²) in [5.41, 5.74) is 6.45. The first-order valence-electron chi connectivity index (χ1n) is 7.48. The van der Waals surface area contributed by atoms with E-state index in [2.05, 4.69) is 38.0 Å². The van der Waals surface area contributed by atoms with E-state index in [-0.39, 0.29) is 6.10 Å².